The van der Waals surface area contributed by atoms with Crippen LogP contribution in [0.1, 0.15) is 18.9 Å². The van der Waals surface area contributed by atoms with Crippen LogP contribution in [-0.2, 0) is 11.3 Å². The number of hydrogen-bond acceptors (Lipinski definition) is 4. The average Bonchev–Trinajstić information content (AvgIpc) is 2.77. The summed E-state index contributed by atoms with van der Waals surface area (Å²) in [5.41, 5.74) is 6.74. The normalized spacial score (nSPS) is 12.9. The van der Waals surface area contributed by atoms with Gasteiger partial charge in [0.2, 0.25) is 5.91 Å². The zero-order chi connectivity index (χ0) is 13.1. The molecule has 96 valence electrons. The van der Waals surface area contributed by atoms with Crippen LogP contribution < -0.4 is 11.1 Å². The molecule has 1 amide bonds. The Balaban J connectivity index is 2.00. The number of carbonyl (C=O) groups excluding carboxylic acids is 1. The van der Waals surface area contributed by atoms with Gasteiger partial charge in [-0.2, -0.15) is 0 Å². The molecular formula is C13H17N3OS. The molecule has 18 heavy (non-hydrogen) atoms. The Kier molecular flexibility index (Phi) is 3.93. The van der Waals surface area contributed by atoms with Crippen LogP contribution in [0.5, 0.6) is 0 Å². The van der Waals surface area contributed by atoms with Gasteiger partial charge in [0.1, 0.15) is 5.01 Å². The first-order valence-electron chi connectivity index (χ1n) is 5.95. The largest absolute Gasteiger partial charge is 0.348 e. The molecule has 0 bridgehead atoms. The van der Waals surface area contributed by atoms with Gasteiger partial charge in [-0.3, -0.25) is 4.79 Å². The van der Waals surface area contributed by atoms with E-state index in [2.05, 4.69) is 10.3 Å². The first-order valence-corrected chi connectivity index (χ1v) is 6.77. The fourth-order valence-electron chi connectivity index (χ4n) is 1.58. The van der Waals surface area contributed by atoms with E-state index in [9.17, 15) is 4.79 Å². The summed E-state index contributed by atoms with van der Waals surface area (Å²) >= 11 is 1.59. The van der Waals surface area contributed by atoms with E-state index in [0.29, 0.717) is 6.54 Å². The molecule has 3 N–H and O–H groups in total. The molecule has 0 saturated carbocycles. The second-order valence-electron chi connectivity index (χ2n) is 4.56. The minimum atomic E-state index is -0.459. The first kappa shape index (κ1) is 13.0. The van der Waals surface area contributed by atoms with Crippen molar-refractivity contribution in [3.63, 3.8) is 0 Å². The van der Waals surface area contributed by atoms with Crippen molar-refractivity contribution in [2.75, 3.05) is 0 Å². The number of nitrogens with zero attached hydrogens (tertiary/aromatic N) is 1. The minimum absolute atomic E-state index is 0.121. The first-order chi connectivity index (χ1) is 8.58. The number of hydrogen-bond donors (Lipinski definition) is 2. The zero-order valence-corrected chi connectivity index (χ0v) is 11.3. The molecule has 5 heteroatoms. The molecule has 0 aliphatic heterocycles. The predicted octanol–water partition coefficient (Wildman–Crippen LogP) is 1.90. The van der Waals surface area contributed by atoms with E-state index in [4.69, 9.17) is 5.73 Å². The molecule has 0 aliphatic rings. The standard InChI is InChI=1S/C13H17N3OS/c1-8(2)12(14)13(17)15-7-11-16-9-5-3-4-6-10(9)18-11/h3-6,8,12H,7,14H2,1-2H3,(H,15,17)/t12-/m1/s1. The predicted molar refractivity (Wildman–Crippen MR) is 74.3 cm³/mol. The van der Waals surface area contributed by atoms with Gasteiger partial charge in [-0.05, 0) is 18.1 Å². The Morgan fingerprint density at radius 3 is 2.83 bits per heavy atom. The number of carbonyl (C=O) groups is 1. The second-order valence-corrected chi connectivity index (χ2v) is 5.68. The van der Waals surface area contributed by atoms with Crippen LogP contribution in [0.2, 0.25) is 0 Å². The van der Waals surface area contributed by atoms with Crippen LogP contribution in [0.25, 0.3) is 10.2 Å². The Morgan fingerprint density at radius 1 is 1.44 bits per heavy atom. The van der Waals surface area contributed by atoms with Crippen LogP contribution in [-0.4, -0.2) is 16.9 Å². The fraction of sp³-hybridized carbons (Fsp3) is 0.385. The maximum absolute atomic E-state index is 11.7. The quantitative estimate of drug-likeness (QED) is 0.885. The number of fused-ring (bicyclic) bond motifs is 1. The smallest absolute Gasteiger partial charge is 0.237 e. The van der Waals surface area contributed by atoms with Gasteiger partial charge in [-0.25, -0.2) is 4.98 Å². The van der Waals surface area contributed by atoms with Crippen molar-refractivity contribution < 1.29 is 4.79 Å². The molecule has 0 aliphatic carbocycles. The number of para-hydroxylation sites is 1. The van der Waals surface area contributed by atoms with Gasteiger partial charge in [0.15, 0.2) is 0 Å². The Hall–Kier alpha value is -1.46. The number of nitrogens with one attached hydrogen (secondary N) is 1. The third-order valence-electron chi connectivity index (χ3n) is 2.77. The molecule has 0 saturated heterocycles. The van der Waals surface area contributed by atoms with E-state index in [-0.39, 0.29) is 11.8 Å². The van der Waals surface area contributed by atoms with Crippen molar-refractivity contribution in [1.29, 1.82) is 0 Å². The van der Waals surface area contributed by atoms with Crippen molar-refractivity contribution in [3.8, 4) is 0 Å². The molecular weight excluding hydrogens is 246 g/mol. The van der Waals surface area contributed by atoms with Crippen LogP contribution in [0.15, 0.2) is 24.3 Å². The Morgan fingerprint density at radius 2 is 2.17 bits per heavy atom. The molecule has 4 nitrogen and oxygen atoms in total. The molecule has 2 aromatic rings. The van der Waals surface area contributed by atoms with E-state index in [1.54, 1.807) is 11.3 Å². The van der Waals surface area contributed by atoms with Gasteiger partial charge in [0.05, 0.1) is 22.8 Å². The highest BCUT2D eigenvalue weighted by Gasteiger charge is 2.17. The molecule has 1 aromatic carbocycles. The second kappa shape index (κ2) is 5.46. The highest BCUT2D eigenvalue weighted by Crippen LogP contribution is 2.21. The lowest BCUT2D eigenvalue weighted by Gasteiger charge is -2.14. The van der Waals surface area contributed by atoms with Crippen LogP contribution in [0.3, 0.4) is 0 Å². The van der Waals surface area contributed by atoms with E-state index in [1.165, 1.54) is 0 Å². The molecule has 0 radical (unpaired) electrons. The number of amides is 1. The average molecular weight is 263 g/mol. The van der Waals surface area contributed by atoms with Crippen molar-refractivity contribution >= 4 is 27.5 Å². The highest BCUT2D eigenvalue weighted by atomic mass is 32.1. The molecule has 0 fully saturated rings. The fourth-order valence-corrected chi connectivity index (χ4v) is 2.49. The van der Waals surface area contributed by atoms with Crippen LogP contribution in [0.4, 0.5) is 0 Å². The van der Waals surface area contributed by atoms with E-state index in [0.717, 1.165) is 15.2 Å². The van der Waals surface area contributed by atoms with Crippen molar-refractivity contribution in [2.24, 2.45) is 11.7 Å². The summed E-state index contributed by atoms with van der Waals surface area (Å²) in [5.74, 6) is 0.0182. The van der Waals surface area contributed by atoms with Gasteiger partial charge in [-0.15, -0.1) is 11.3 Å². The van der Waals surface area contributed by atoms with E-state index in [1.807, 2.05) is 38.1 Å². The minimum Gasteiger partial charge on any atom is -0.348 e. The number of nitrogens with two attached hydrogens (primary N) is 1. The maximum Gasteiger partial charge on any atom is 0.237 e. The van der Waals surface area contributed by atoms with Crippen LogP contribution in [0, 0.1) is 5.92 Å². The van der Waals surface area contributed by atoms with Crippen molar-refractivity contribution in [3.05, 3.63) is 29.3 Å². The lowest BCUT2D eigenvalue weighted by atomic mass is 10.1. The summed E-state index contributed by atoms with van der Waals surface area (Å²) < 4.78 is 1.13. The maximum atomic E-state index is 11.7. The van der Waals surface area contributed by atoms with E-state index < -0.39 is 6.04 Å². The van der Waals surface area contributed by atoms with Crippen molar-refractivity contribution in [1.82, 2.24) is 10.3 Å². The highest BCUT2D eigenvalue weighted by molar-refractivity contribution is 7.18. The summed E-state index contributed by atoms with van der Waals surface area (Å²) in [6.07, 6.45) is 0. The Bertz CT molecular complexity index is 517. The van der Waals surface area contributed by atoms with Gasteiger partial charge in [0.25, 0.3) is 0 Å². The van der Waals surface area contributed by atoms with Crippen molar-refractivity contribution in [2.45, 2.75) is 26.4 Å². The molecule has 1 aromatic heterocycles. The van der Waals surface area contributed by atoms with E-state index >= 15 is 0 Å². The van der Waals surface area contributed by atoms with Gasteiger partial charge in [0, 0.05) is 0 Å². The third kappa shape index (κ3) is 2.86. The molecule has 2 rings (SSSR count). The lowest BCUT2D eigenvalue weighted by Crippen LogP contribution is -2.43. The topological polar surface area (TPSA) is 68.0 Å². The number of thiazole rings is 1. The number of benzene rings is 1. The van der Waals surface area contributed by atoms with Gasteiger partial charge < -0.3 is 11.1 Å². The zero-order valence-electron chi connectivity index (χ0n) is 10.5. The molecule has 0 spiro atoms. The van der Waals surface area contributed by atoms with Gasteiger partial charge in [-0.1, -0.05) is 26.0 Å². The molecule has 1 atom stereocenters. The SMILES string of the molecule is CC(C)[C@@H](N)C(=O)NCc1nc2ccccc2s1. The number of rotatable bonds is 4. The Labute approximate surface area is 110 Å². The van der Waals surface area contributed by atoms with Gasteiger partial charge >= 0.3 is 0 Å². The summed E-state index contributed by atoms with van der Waals surface area (Å²) in [5, 5.41) is 3.73. The summed E-state index contributed by atoms with van der Waals surface area (Å²) in [4.78, 5) is 16.2. The summed E-state index contributed by atoms with van der Waals surface area (Å²) in [6, 6.07) is 7.48. The lowest BCUT2D eigenvalue weighted by molar-refractivity contribution is -0.123. The molecule has 0 unspecified atom stereocenters. The monoisotopic (exact) mass is 263 g/mol. The molecule has 1 heterocycles. The van der Waals surface area contributed by atoms with Crippen LogP contribution >= 0.6 is 11.3 Å². The summed E-state index contributed by atoms with van der Waals surface area (Å²) in [7, 11) is 0. The third-order valence-corrected chi connectivity index (χ3v) is 3.81. The summed E-state index contributed by atoms with van der Waals surface area (Å²) in [6.45, 7) is 4.31. The number of aromatic nitrogens is 1.